The zero-order chi connectivity index (χ0) is 14.9. The van der Waals surface area contributed by atoms with Crippen molar-refractivity contribution in [1.82, 2.24) is 0 Å². The Bertz CT molecular complexity index is 474. The lowest BCUT2D eigenvalue weighted by Gasteiger charge is -2.49. The van der Waals surface area contributed by atoms with Crippen molar-refractivity contribution in [3.8, 4) is 0 Å². The second-order valence-electron chi connectivity index (χ2n) is 6.42. The van der Waals surface area contributed by atoms with Crippen molar-refractivity contribution in [3.63, 3.8) is 0 Å². The third kappa shape index (κ3) is 2.76. The fourth-order valence-corrected chi connectivity index (χ4v) is 2.97. The molecule has 2 atom stereocenters. The first-order chi connectivity index (χ1) is 9.36. The molecule has 1 aromatic carbocycles. The molecule has 0 radical (unpaired) electrons. The van der Waals surface area contributed by atoms with Gasteiger partial charge in [0, 0.05) is 23.5 Å². The van der Waals surface area contributed by atoms with Crippen molar-refractivity contribution in [2.75, 3.05) is 23.8 Å². The molecule has 0 bridgehead atoms. The molecule has 0 saturated carbocycles. The Balaban J connectivity index is 2.31. The molecule has 4 nitrogen and oxygen atoms in total. The number of aliphatic hydroxyl groups is 2. The molecule has 2 rings (SSSR count). The highest BCUT2D eigenvalue weighted by Gasteiger charge is 2.38. The molecule has 0 aromatic heterocycles. The van der Waals surface area contributed by atoms with E-state index in [1.165, 1.54) is 11.3 Å². The van der Waals surface area contributed by atoms with E-state index in [2.05, 4.69) is 37.8 Å². The lowest BCUT2D eigenvalue weighted by atomic mass is 9.78. The SMILES string of the molecule is CC1Cc2cc(N)ccc2N(CCC(O)CO)C1(C)C. The van der Waals surface area contributed by atoms with Gasteiger partial charge >= 0.3 is 0 Å². The molecular weight excluding hydrogens is 252 g/mol. The summed E-state index contributed by atoms with van der Waals surface area (Å²) in [5.41, 5.74) is 9.19. The van der Waals surface area contributed by atoms with Crippen LogP contribution in [0.4, 0.5) is 11.4 Å². The van der Waals surface area contributed by atoms with Crippen LogP contribution in [0.2, 0.25) is 0 Å². The molecule has 112 valence electrons. The Hall–Kier alpha value is -1.26. The van der Waals surface area contributed by atoms with Crippen LogP contribution < -0.4 is 10.6 Å². The predicted octanol–water partition coefficient (Wildman–Crippen LogP) is 1.79. The van der Waals surface area contributed by atoms with Gasteiger partial charge in [-0.15, -0.1) is 0 Å². The summed E-state index contributed by atoms with van der Waals surface area (Å²) in [5.74, 6) is 0.503. The molecule has 1 aliphatic rings. The highest BCUT2D eigenvalue weighted by molar-refractivity contribution is 5.63. The van der Waals surface area contributed by atoms with Gasteiger partial charge in [0.15, 0.2) is 0 Å². The number of hydrogen-bond donors (Lipinski definition) is 3. The molecule has 0 aliphatic carbocycles. The average molecular weight is 278 g/mol. The first-order valence-electron chi connectivity index (χ1n) is 7.31. The summed E-state index contributed by atoms with van der Waals surface area (Å²) in [4.78, 5) is 2.34. The minimum absolute atomic E-state index is 0.0261. The Morgan fingerprint density at radius 1 is 1.45 bits per heavy atom. The van der Waals surface area contributed by atoms with Gasteiger partial charge in [-0.1, -0.05) is 6.92 Å². The molecule has 20 heavy (non-hydrogen) atoms. The second-order valence-corrected chi connectivity index (χ2v) is 6.42. The Labute approximate surface area is 121 Å². The zero-order valence-corrected chi connectivity index (χ0v) is 12.6. The lowest BCUT2D eigenvalue weighted by molar-refractivity contribution is 0.0878. The topological polar surface area (TPSA) is 69.7 Å². The van der Waals surface area contributed by atoms with Gasteiger partial charge in [-0.05, 0) is 56.4 Å². The summed E-state index contributed by atoms with van der Waals surface area (Å²) in [6, 6.07) is 6.06. The number of nitrogens with zero attached hydrogens (tertiary/aromatic N) is 1. The van der Waals surface area contributed by atoms with E-state index in [9.17, 15) is 5.11 Å². The van der Waals surface area contributed by atoms with Crippen molar-refractivity contribution >= 4 is 11.4 Å². The molecule has 0 amide bonds. The molecule has 0 fully saturated rings. The van der Waals surface area contributed by atoms with Gasteiger partial charge in [0.05, 0.1) is 12.7 Å². The van der Waals surface area contributed by atoms with Crippen LogP contribution in [-0.4, -0.2) is 35.0 Å². The van der Waals surface area contributed by atoms with Crippen molar-refractivity contribution in [2.45, 2.75) is 45.3 Å². The molecule has 0 saturated heterocycles. The summed E-state index contributed by atoms with van der Waals surface area (Å²) in [6.07, 6.45) is 0.934. The molecule has 4 heteroatoms. The monoisotopic (exact) mass is 278 g/mol. The van der Waals surface area contributed by atoms with Crippen molar-refractivity contribution in [3.05, 3.63) is 23.8 Å². The number of aliphatic hydroxyl groups excluding tert-OH is 2. The second kappa shape index (κ2) is 5.62. The van der Waals surface area contributed by atoms with Crippen LogP contribution in [0, 0.1) is 5.92 Å². The van der Waals surface area contributed by atoms with Gasteiger partial charge in [-0.2, -0.15) is 0 Å². The van der Waals surface area contributed by atoms with Gasteiger partial charge in [-0.25, -0.2) is 0 Å². The van der Waals surface area contributed by atoms with Gasteiger partial charge in [0.25, 0.3) is 0 Å². The van der Waals surface area contributed by atoms with Crippen LogP contribution in [0.25, 0.3) is 0 Å². The van der Waals surface area contributed by atoms with Crippen LogP contribution >= 0.6 is 0 Å². The van der Waals surface area contributed by atoms with Gasteiger partial charge in [-0.3, -0.25) is 0 Å². The van der Waals surface area contributed by atoms with E-state index < -0.39 is 6.10 Å². The van der Waals surface area contributed by atoms with E-state index in [1.807, 2.05) is 6.07 Å². The van der Waals surface area contributed by atoms with Crippen molar-refractivity contribution < 1.29 is 10.2 Å². The quantitative estimate of drug-likeness (QED) is 0.734. The number of nitrogens with two attached hydrogens (primary N) is 1. The molecule has 0 spiro atoms. The van der Waals surface area contributed by atoms with Gasteiger partial charge in [0.2, 0.25) is 0 Å². The Morgan fingerprint density at radius 3 is 2.80 bits per heavy atom. The maximum absolute atomic E-state index is 9.62. The van der Waals surface area contributed by atoms with E-state index in [4.69, 9.17) is 10.8 Å². The minimum Gasteiger partial charge on any atom is -0.399 e. The number of benzene rings is 1. The van der Waals surface area contributed by atoms with E-state index in [-0.39, 0.29) is 12.1 Å². The van der Waals surface area contributed by atoms with Crippen molar-refractivity contribution in [1.29, 1.82) is 0 Å². The first-order valence-corrected chi connectivity index (χ1v) is 7.31. The summed E-state index contributed by atoms with van der Waals surface area (Å²) >= 11 is 0. The van der Waals surface area contributed by atoms with Crippen molar-refractivity contribution in [2.24, 2.45) is 5.92 Å². The third-order valence-corrected chi connectivity index (χ3v) is 4.72. The highest BCUT2D eigenvalue weighted by atomic mass is 16.3. The first kappa shape index (κ1) is 15.1. The zero-order valence-electron chi connectivity index (χ0n) is 12.6. The fourth-order valence-electron chi connectivity index (χ4n) is 2.97. The molecule has 1 aromatic rings. The molecule has 4 N–H and O–H groups in total. The van der Waals surface area contributed by atoms with Crippen LogP contribution in [0.1, 0.15) is 32.8 Å². The molecule has 2 unspecified atom stereocenters. The smallest absolute Gasteiger partial charge is 0.0787 e. The maximum Gasteiger partial charge on any atom is 0.0787 e. The Morgan fingerprint density at radius 2 is 2.15 bits per heavy atom. The Kier molecular flexibility index (Phi) is 4.25. The number of rotatable bonds is 4. The summed E-state index contributed by atoms with van der Waals surface area (Å²) < 4.78 is 0. The number of fused-ring (bicyclic) bond motifs is 1. The molecule has 1 heterocycles. The summed E-state index contributed by atoms with van der Waals surface area (Å²) in [5, 5.41) is 18.6. The van der Waals surface area contributed by atoms with Gasteiger partial charge < -0.3 is 20.8 Å². The van der Waals surface area contributed by atoms with Crippen LogP contribution in [0.3, 0.4) is 0 Å². The molecule has 1 aliphatic heterocycles. The van der Waals surface area contributed by atoms with Crippen LogP contribution in [0.5, 0.6) is 0 Å². The largest absolute Gasteiger partial charge is 0.399 e. The van der Waals surface area contributed by atoms with E-state index in [0.29, 0.717) is 12.3 Å². The minimum atomic E-state index is -0.653. The number of nitrogen functional groups attached to an aromatic ring is 1. The normalized spacial score (nSPS) is 22.4. The van der Waals surface area contributed by atoms with Gasteiger partial charge in [0.1, 0.15) is 0 Å². The molecular formula is C16H26N2O2. The number of hydrogen-bond acceptors (Lipinski definition) is 4. The third-order valence-electron chi connectivity index (χ3n) is 4.72. The fraction of sp³-hybridized carbons (Fsp3) is 0.625. The summed E-state index contributed by atoms with van der Waals surface area (Å²) in [6.45, 7) is 7.28. The van der Waals surface area contributed by atoms with E-state index in [0.717, 1.165) is 18.7 Å². The van der Waals surface area contributed by atoms with E-state index >= 15 is 0 Å². The van der Waals surface area contributed by atoms with Crippen LogP contribution in [-0.2, 0) is 6.42 Å². The lowest BCUT2D eigenvalue weighted by Crippen LogP contribution is -2.53. The summed E-state index contributed by atoms with van der Waals surface area (Å²) in [7, 11) is 0. The number of anilines is 2. The highest BCUT2D eigenvalue weighted by Crippen LogP contribution is 2.40. The average Bonchev–Trinajstić information content (AvgIpc) is 2.39. The predicted molar refractivity (Wildman–Crippen MR) is 82.9 cm³/mol. The van der Waals surface area contributed by atoms with E-state index in [1.54, 1.807) is 0 Å². The van der Waals surface area contributed by atoms with Crippen LogP contribution in [0.15, 0.2) is 18.2 Å². The maximum atomic E-state index is 9.62. The standard InChI is InChI=1S/C16H26N2O2/c1-11-8-12-9-13(17)4-5-15(12)18(16(11,2)3)7-6-14(20)10-19/h4-5,9,11,14,19-20H,6-8,10,17H2,1-3H3.